The standard InChI is InChI=1S/C19H30N4O2/c1-20-18(24)14-16-8-11-23(12-9-16)19(21-2)22-10-13-25-15-17-6-4-3-5-7-17/h3-7,16H,8-15H2,1-2H3,(H,20,24)(H,21,22). The third-order valence-corrected chi connectivity index (χ3v) is 4.52. The third-order valence-electron chi connectivity index (χ3n) is 4.52. The number of guanidine groups is 1. The maximum atomic E-state index is 11.5. The molecule has 0 atom stereocenters. The van der Waals surface area contributed by atoms with Crippen LogP contribution in [0.1, 0.15) is 24.8 Å². The molecule has 0 spiro atoms. The predicted octanol–water partition coefficient (Wildman–Crippen LogP) is 1.63. The Hall–Kier alpha value is -2.08. The first-order valence-electron chi connectivity index (χ1n) is 9.00. The lowest BCUT2D eigenvalue weighted by Crippen LogP contribution is -2.46. The van der Waals surface area contributed by atoms with Crippen molar-refractivity contribution in [3.63, 3.8) is 0 Å². The van der Waals surface area contributed by atoms with E-state index >= 15 is 0 Å². The lowest BCUT2D eigenvalue weighted by molar-refractivity contribution is -0.121. The van der Waals surface area contributed by atoms with E-state index < -0.39 is 0 Å². The van der Waals surface area contributed by atoms with E-state index in [9.17, 15) is 4.79 Å². The van der Waals surface area contributed by atoms with Crippen LogP contribution in [0.5, 0.6) is 0 Å². The Kier molecular flexibility index (Phi) is 8.25. The van der Waals surface area contributed by atoms with E-state index in [-0.39, 0.29) is 5.91 Å². The van der Waals surface area contributed by atoms with Crippen molar-refractivity contribution in [1.29, 1.82) is 0 Å². The van der Waals surface area contributed by atoms with Crippen LogP contribution >= 0.6 is 0 Å². The van der Waals surface area contributed by atoms with Crippen LogP contribution in [0.3, 0.4) is 0 Å². The van der Waals surface area contributed by atoms with E-state index in [0.29, 0.717) is 25.6 Å². The number of rotatable bonds is 7. The Morgan fingerprint density at radius 2 is 2.00 bits per heavy atom. The summed E-state index contributed by atoms with van der Waals surface area (Å²) in [5.41, 5.74) is 1.19. The molecule has 0 unspecified atom stereocenters. The van der Waals surface area contributed by atoms with Crippen molar-refractivity contribution in [3.8, 4) is 0 Å². The van der Waals surface area contributed by atoms with E-state index in [0.717, 1.165) is 38.4 Å². The van der Waals surface area contributed by atoms with Gasteiger partial charge in [0.25, 0.3) is 0 Å². The average molecular weight is 346 g/mol. The van der Waals surface area contributed by atoms with Gasteiger partial charge in [-0.25, -0.2) is 0 Å². The van der Waals surface area contributed by atoms with Gasteiger partial charge in [0.15, 0.2) is 5.96 Å². The third kappa shape index (κ3) is 6.74. The molecule has 0 aromatic heterocycles. The molecule has 2 rings (SSSR count). The Labute approximate surface area is 150 Å². The maximum absolute atomic E-state index is 11.5. The fourth-order valence-electron chi connectivity index (χ4n) is 3.04. The van der Waals surface area contributed by atoms with Crippen molar-refractivity contribution in [2.75, 3.05) is 40.3 Å². The summed E-state index contributed by atoms with van der Waals surface area (Å²) in [6.07, 6.45) is 2.68. The van der Waals surface area contributed by atoms with Gasteiger partial charge in [-0.05, 0) is 24.3 Å². The zero-order valence-electron chi connectivity index (χ0n) is 15.3. The second-order valence-corrected chi connectivity index (χ2v) is 6.32. The topological polar surface area (TPSA) is 66.0 Å². The molecule has 0 aliphatic carbocycles. The predicted molar refractivity (Wildman–Crippen MR) is 100 cm³/mol. The molecule has 2 N–H and O–H groups in total. The summed E-state index contributed by atoms with van der Waals surface area (Å²) >= 11 is 0. The number of amides is 1. The minimum absolute atomic E-state index is 0.136. The summed E-state index contributed by atoms with van der Waals surface area (Å²) in [6.45, 7) is 3.88. The minimum Gasteiger partial charge on any atom is -0.375 e. The molecule has 1 amide bonds. The number of ether oxygens (including phenoxy) is 1. The molecule has 1 aliphatic rings. The number of nitrogens with zero attached hydrogens (tertiary/aromatic N) is 2. The normalized spacial score (nSPS) is 15.9. The fourth-order valence-corrected chi connectivity index (χ4v) is 3.04. The number of hydrogen-bond acceptors (Lipinski definition) is 3. The van der Waals surface area contributed by atoms with Crippen LogP contribution in [-0.4, -0.2) is 57.1 Å². The van der Waals surface area contributed by atoms with Crippen LogP contribution in [0.15, 0.2) is 35.3 Å². The van der Waals surface area contributed by atoms with E-state index in [1.165, 1.54) is 5.56 Å². The molecule has 1 aromatic carbocycles. The SMILES string of the molecule is CN=C(NCCOCc1ccccc1)N1CCC(CC(=O)NC)CC1. The zero-order chi connectivity index (χ0) is 17.9. The van der Waals surface area contributed by atoms with Crippen molar-refractivity contribution in [3.05, 3.63) is 35.9 Å². The van der Waals surface area contributed by atoms with Gasteiger partial charge >= 0.3 is 0 Å². The second-order valence-electron chi connectivity index (χ2n) is 6.32. The van der Waals surface area contributed by atoms with Gasteiger partial charge in [0.2, 0.25) is 5.91 Å². The Morgan fingerprint density at radius 1 is 1.28 bits per heavy atom. The van der Waals surface area contributed by atoms with Crippen LogP contribution in [0, 0.1) is 5.92 Å². The van der Waals surface area contributed by atoms with Crippen LogP contribution in [0.25, 0.3) is 0 Å². The maximum Gasteiger partial charge on any atom is 0.220 e. The molecule has 6 nitrogen and oxygen atoms in total. The van der Waals surface area contributed by atoms with Crippen LogP contribution in [-0.2, 0) is 16.1 Å². The first-order valence-corrected chi connectivity index (χ1v) is 9.00. The van der Waals surface area contributed by atoms with Gasteiger partial charge in [0, 0.05) is 40.2 Å². The van der Waals surface area contributed by atoms with Gasteiger partial charge in [-0.15, -0.1) is 0 Å². The van der Waals surface area contributed by atoms with Gasteiger partial charge < -0.3 is 20.3 Å². The highest BCUT2D eigenvalue weighted by molar-refractivity contribution is 5.80. The number of benzene rings is 1. The zero-order valence-corrected chi connectivity index (χ0v) is 15.3. The molecule has 0 radical (unpaired) electrons. The molecular weight excluding hydrogens is 316 g/mol. The summed E-state index contributed by atoms with van der Waals surface area (Å²) < 4.78 is 5.69. The van der Waals surface area contributed by atoms with Crippen molar-refractivity contribution < 1.29 is 9.53 Å². The van der Waals surface area contributed by atoms with Gasteiger partial charge in [-0.3, -0.25) is 9.79 Å². The minimum atomic E-state index is 0.136. The highest BCUT2D eigenvalue weighted by Gasteiger charge is 2.22. The van der Waals surface area contributed by atoms with E-state index in [2.05, 4.69) is 32.7 Å². The number of aliphatic imine (C=N–C) groups is 1. The molecule has 6 heteroatoms. The van der Waals surface area contributed by atoms with Gasteiger partial charge in [0.05, 0.1) is 13.2 Å². The number of carbonyl (C=O) groups excluding carboxylic acids is 1. The van der Waals surface area contributed by atoms with E-state index in [1.54, 1.807) is 7.05 Å². The molecule has 1 heterocycles. The fraction of sp³-hybridized carbons (Fsp3) is 0.579. The molecule has 0 bridgehead atoms. The summed E-state index contributed by atoms with van der Waals surface area (Å²) in [5, 5.41) is 6.07. The Balaban J connectivity index is 1.63. The lowest BCUT2D eigenvalue weighted by Gasteiger charge is -2.34. The van der Waals surface area contributed by atoms with Gasteiger partial charge in [-0.2, -0.15) is 0 Å². The molecule has 0 saturated carbocycles. The van der Waals surface area contributed by atoms with Crippen molar-refractivity contribution in [1.82, 2.24) is 15.5 Å². The van der Waals surface area contributed by atoms with Crippen molar-refractivity contribution in [2.24, 2.45) is 10.9 Å². The molecule has 1 saturated heterocycles. The Morgan fingerprint density at radius 3 is 2.64 bits per heavy atom. The summed E-state index contributed by atoms with van der Waals surface area (Å²) in [5.74, 6) is 1.53. The number of carbonyl (C=O) groups is 1. The van der Waals surface area contributed by atoms with Crippen LogP contribution < -0.4 is 10.6 Å². The van der Waals surface area contributed by atoms with Gasteiger partial charge in [0.1, 0.15) is 0 Å². The largest absolute Gasteiger partial charge is 0.375 e. The first-order chi connectivity index (χ1) is 12.2. The number of nitrogens with one attached hydrogen (secondary N) is 2. The number of hydrogen-bond donors (Lipinski definition) is 2. The first kappa shape index (κ1) is 19.2. The van der Waals surface area contributed by atoms with Gasteiger partial charge in [-0.1, -0.05) is 30.3 Å². The summed E-state index contributed by atoms with van der Waals surface area (Å²) in [6, 6.07) is 10.2. The molecule has 1 aromatic rings. The number of piperidine rings is 1. The highest BCUT2D eigenvalue weighted by Crippen LogP contribution is 2.20. The Bertz CT molecular complexity index is 540. The van der Waals surface area contributed by atoms with Crippen LogP contribution in [0.2, 0.25) is 0 Å². The highest BCUT2D eigenvalue weighted by atomic mass is 16.5. The molecular formula is C19H30N4O2. The average Bonchev–Trinajstić information content (AvgIpc) is 2.66. The number of likely N-dealkylation sites (tertiary alicyclic amines) is 1. The summed E-state index contributed by atoms with van der Waals surface area (Å²) in [4.78, 5) is 18.1. The lowest BCUT2D eigenvalue weighted by atomic mass is 9.93. The summed E-state index contributed by atoms with van der Waals surface area (Å²) in [7, 11) is 3.51. The van der Waals surface area contributed by atoms with Crippen molar-refractivity contribution >= 4 is 11.9 Å². The molecule has 1 aliphatic heterocycles. The van der Waals surface area contributed by atoms with E-state index in [4.69, 9.17) is 4.74 Å². The van der Waals surface area contributed by atoms with Crippen LogP contribution in [0.4, 0.5) is 0 Å². The van der Waals surface area contributed by atoms with Crippen molar-refractivity contribution in [2.45, 2.75) is 25.9 Å². The quantitative estimate of drug-likeness (QED) is 0.447. The molecule has 138 valence electrons. The molecule has 25 heavy (non-hydrogen) atoms. The van der Waals surface area contributed by atoms with E-state index in [1.807, 2.05) is 25.2 Å². The monoisotopic (exact) mass is 346 g/mol. The smallest absolute Gasteiger partial charge is 0.220 e. The molecule has 1 fully saturated rings. The second kappa shape index (κ2) is 10.7.